The zero-order chi connectivity index (χ0) is 18.7. The number of aromatic amines is 1. The Kier molecular flexibility index (Phi) is 3.06. The van der Waals surface area contributed by atoms with E-state index in [-0.39, 0.29) is 0 Å². The van der Waals surface area contributed by atoms with E-state index in [0.29, 0.717) is 33.5 Å². The van der Waals surface area contributed by atoms with Gasteiger partial charge in [0.2, 0.25) is 0 Å². The second-order valence-electron chi connectivity index (χ2n) is 6.50. The average molecular weight is 357 g/mol. The van der Waals surface area contributed by atoms with Crippen molar-refractivity contribution >= 4 is 39.3 Å². The van der Waals surface area contributed by atoms with E-state index in [2.05, 4.69) is 10.3 Å². The first-order valence-corrected chi connectivity index (χ1v) is 8.45. The van der Waals surface area contributed by atoms with Gasteiger partial charge < -0.3 is 15.5 Å². The zero-order valence-corrected chi connectivity index (χ0v) is 14.4. The lowest BCUT2D eigenvalue weighted by Crippen LogP contribution is -2.20. The van der Waals surface area contributed by atoms with Gasteiger partial charge in [-0.15, -0.1) is 0 Å². The van der Waals surface area contributed by atoms with Crippen LogP contribution >= 0.6 is 0 Å². The number of carbonyl (C=O) groups is 2. The summed E-state index contributed by atoms with van der Waals surface area (Å²) in [6, 6.07) is 14.8. The van der Waals surface area contributed by atoms with Gasteiger partial charge >= 0.3 is 0 Å². The Labute approximate surface area is 153 Å². The van der Waals surface area contributed by atoms with E-state index in [1.807, 2.05) is 42.5 Å². The average Bonchev–Trinajstić information content (AvgIpc) is 3.17. The van der Waals surface area contributed by atoms with Crippen LogP contribution in [0.3, 0.4) is 0 Å². The number of benzene rings is 3. The largest absolute Gasteiger partial charge is 0.497 e. The Morgan fingerprint density at radius 3 is 2.44 bits per heavy atom. The molecule has 5 rings (SSSR count). The van der Waals surface area contributed by atoms with Crippen molar-refractivity contribution in [1.29, 1.82) is 0 Å². The van der Waals surface area contributed by atoms with Crippen LogP contribution in [0, 0.1) is 0 Å². The number of rotatable bonds is 2. The summed E-state index contributed by atoms with van der Waals surface area (Å²) < 4.78 is 5.32. The lowest BCUT2D eigenvalue weighted by Gasteiger charge is -2.10. The van der Waals surface area contributed by atoms with Gasteiger partial charge in [-0.05, 0) is 35.9 Å². The third-order valence-electron chi connectivity index (χ3n) is 5.02. The van der Waals surface area contributed by atoms with E-state index in [9.17, 15) is 9.59 Å². The molecule has 2 heterocycles. The zero-order valence-electron chi connectivity index (χ0n) is 14.4. The van der Waals surface area contributed by atoms with Crippen LogP contribution in [0.15, 0.2) is 48.5 Å². The molecule has 4 aromatic rings. The minimum Gasteiger partial charge on any atom is -0.497 e. The molecule has 6 heteroatoms. The molecular formula is C21H15N3O3. The molecule has 132 valence electrons. The molecule has 1 aromatic heterocycles. The van der Waals surface area contributed by atoms with E-state index >= 15 is 0 Å². The van der Waals surface area contributed by atoms with Gasteiger partial charge in [0.1, 0.15) is 5.75 Å². The van der Waals surface area contributed by atoms with Crippen LogP contribution < -0.4 is 15.8 Å². The van der Waals surface area contributed by atoms with Gasteiger partial charge in [-0.3, -0.25) is 14.9 Å². The molecule has 1 aliphatic heterocycles. The van der Waals surface area contributed by atoms with E-state index < -0.39 is 11.8 Å². The number of amides is 2. The van der Waals surface area contributed by atoms with Crippen molar-refractivity contribution in [3.63, 3.8) is 0 Å². The quantitative estimate of drug-likeness (QED) is 0.378. The third-order valence-corrected chi connectivity index (χ3v) is 5.02. The van der Waals surface area contributed by atoms with E-state index in [1.54, 1.807) is 13.2 Å². The number of ether oxygens (including phenoxy) is 1. The smallest absolute Gasteiger partial charge is 0.259 e. The number of nitrogen functional groups attached to an aromatic ring is 1. The number of nitrogens with two attached hydrogens (primary N) is 1. The molecule has 27 heavy (non-hydrogen) atoms. The first-order chi connectivity index (χ1) is 13.1. The van der Waals surface area contributed by atoms with Crippen LogP contribution in [0.5, 0.6) is 5.75 Å². The number of nitrogens with one attached hydrogen (secondary N) is 2. The van der Waals surface area contributed by atoms with Gasteiger partial charge in [0, 0.05) is 33.1 Å². The molecule has 0 saturated heterocycles. The first-order valence-electron chi connectivity index (χ1n) is 8.45. The Morgan fingerprint density at radius 2 is 1.67 bits per heavy atom. The topological polar surface area (TPSA) is 97.2 Å². The number of anilines is 1. The fourth-order valence-electron chi connectivity index (χ4n) is 3.82. The Morgan fingerprint density at radius 1 is 0.889 bits per heavy atom. The molecule has 3 aromatic carbocycles. The highest BCUT2D eigenvalue weighted by atomic mass is 16.5. The van der Waals surface area contributed by atoms with Crippen LogP contribution in [0.2, 0.25) is 0 Å². The monoisotopic (exact) mass is 357 g/mol. The number of H-pyrrole nitrogens is 1. The normalized spacial score (nSPS) is 13.2. The molecule has 0 radical (unpaired) electrons. The number of fused-ring (bicyclic) bond motifs is 5. The summed E-state index contributed by atoms with van der Waals surface area (Å²) in [6.45, 7) is 0. The van der Waals surface area contributed by atoms with Crippen molar-refractivity contribution in [3.05, 3.63) is 59.7 Å². The molecule has 2 amide bonds. The number of aromatic nitrogens is 1. The number of hydrogen-bond acceptors (Lipinski definition) is 4. The van der Waals surface area contributed by atoms with Crippen LogP contribution in [-0.2, 0) is 0 Å². The molecular weight excluding hydrogens is 342 g/mol. The minimum atomic E-state index is -0.410. The lowest BCUT2D eigenvalue weighted by atomic mass is 9.92. The maximum absolute atomic E-state index is 12.6. The van der Waals surface area contributed by atoms with Crippen molar-refractivity contribution in [1.82, 2.24) is 10.3 Å². The molecule has 0 spiro atoms. The predicted octanol–water partition coefficient (Wildman–Crippen LogP) is 3.46. The number of imide groups is 1. The summed E-state index contributed by atoms with van der Waals surface area (Å²) in [7, 11) is 1.59. The number of methoxy groups -OCH3 is 1. The van der Waals surface area contributed by atoms with Crippen molar-refractivity contribution in [3.8, 4) is 16.9 Å². The third kappa shape index (κ3) is 2.07. The van der Waals surface area contributed by atoms with E-state index in [0.717, 1.165) is 22.0 Å². The van der Waals surface area contributed by atoms with Crippen LogP contribution in [0.4, 0.5) is 5.69 Å². The summed E-state index contributed by atoms with van der Waals surface area (Å²) >= 11 is 0. The van der Waals surface area contributed by atoms with Crippen molar-refractivity contribution in [2.24, 2.45) is 0 Å². The summed E-state index contributed by atoms with van der Waals surface area (Å²) in [5.41, 5.74) is 10.4. The highest BCUT2D eigenvalue weighted by molar-refractivity contribution is 6.32. The number of hydrogen-bond donors (Lipinski definition) is 3. The van der Waals surface area contributed by atoms with Gasteiger partial charge in [-0.25, -0.2) is 0 Å². The maximum Gasteiger partial charge on any atom is 0.259 e. The highest BCUT2D eigenvalue weighted by Gasteiger charge is 2.34. The highest BCUT2D eigenvalue weighted by Crippen LogP contribution is 2.40. The SMILES string of the molecule is COc1ccc2[nH]c3cc(-c4ccccc4N)c4c(c3c2c1)C(=O)NC4=O. The van der Waals surface area contributed by atoms with Gasteiger partial charge in [0.25, 0.3) is 11.8 Å². The molecule has 0 unspecified atom stereocenters. The van der Waals surface area contributed by atoms with Gasteiger partial charge in [-0.2, -0.15) is 0 Å². The molecule has 0 aliphatic carbocycles. The Hall–Kier alpha value is -3.80. The van der Waals surface area contributed by atoms with Crippen LogP contribution in [-0.4, -0.2) is 23.9 Å². The molecule has 1 aliphatic rings. The molecule has 0 atom stereocenters. The fraction of sp³-hybridized carbons (Fsp3) is 0.0476. The van der Waals surface area contributed by atoms with Gasteiger partial charge in [-0.1, -0.05) is 18.2 Å². The van der Waals surface area contributed by atoms with E-state index in [4.69, 9.17) is 10.5 Å². The summed E-state index contributed by atoms with van der Waals surface area (Å²) in [5.74, 6) is -0.134. The van der Waals surface area contributed by atoms with E-state index in [1.165, 1.54) is 0 Å². The lowest BCUT2D eigenvalue weighted by molar-refractivity contribution is 0.0880. The minimum absolute atomic E-state index is 0.356. The Balaban J connectivity index is 1.97. The van der Waals surface area contributed by atoms with Crippen LogP contribution in [0.1, 0.15) is 20.7 Å². The summed E-state index contributed by atoms with van der Waals surface area (Å²) in [4.78, 5) is 28.6. The Bertz CT molecular complexity index is 1290. The first kappa shape index (κ1) is 15.5. The van der Waals surface area contributed by atoms with Crippen molar-refractivity contribution < 1.29 is 14.3 Å². The summed E-state index contributed by atoms with van der Waals surface area (Å²) in [6.07, 6.45) is 0. The number of carbonyl (C=O) groups excluding carboxylic acids is 2. The standard InChI is InChI=1S/C21H15N3O3/c1-27-10-6-7-15-13(8-10)17-16(23-15)9-12(11-4-2-3-5-14(11)22)18-19(17)21(26)24-20(18)25/h2-9,23H,22H2,1H3,(H,24,25,26). The molecule has 0 saturated carbocycles. The maximum atomic E-state index is 12.6. The fourth-order valence-corrected chi connectivity index (χ4v) is 3.82. The molecule has 0 fully saturated rings. The second-order valence-corrected chi connectivity index (χ2v) is 6.50. The number of para-hydroxylation sites is 1. The molecule has 0 bridgehead atoms. The summed E-state index contributed by atoms with van der Waals surface area (Å²) in [5, 5.41) is 3.96. The molecule has 4 N–H and O–H groups in total. The van der Waals surface area contributed by atoms with Crippen molar-refractivity contribution in [2.45, 2.75) is 0 Å². The van der Waals surface area contributed by atoms with Gasteiger partial charge in [0.15, 0.2) is 0 Å². The molecule has 6 nitrogen and oxygen atoms in total. The predicted molar refractivity (Wildman–Crippen MR) is 104 cm³/mol. The van der Waals surface area contributed by atoms with Gasteiger partial charge in [0.05, 0.1) is 18.2 Å². The van der Waals surface area contributed by atoms with Crippen LogP contribution in [0.25, 0.3) is 32.9 Å². The second kappa shape index (κ2) is 5.35. The van der Waals surface area contributed by atoms with Crippen molar-refractivity contribution in [2.75, 3.05) is 12.8 Å².